The predicted molar refractivity (Wildman–Crippen MR) is 109 cm³/mol. The number of aryl methyl sites for hydroxylation is 2. The van der Waals surface area contributed by atoms with Gasteiger partial charge in [-0.2, -0.15) is 0 Å². The number of rotatable bonds is 5. The summed E-state index contributed by atoms with van der Waals surface area (Å²) in [7, 11) is 0. The van der Waals surface area contributed by atoms with Crippen LogP contribution in [0.5, 0.6) is 0 Å². The van der Waals surface area contributed by atoms with Gasteiger partial charge in [0.25, 0.3) is 11.6 Å². The minimum Gasteiger partial charge on any atom is -0.336 e. The molecule has 3 aromatic rings. The fourth-order valence-corrected chi connectivity index (χ4v) is 2.86. The quantitative estimate of drug-likeness (QED) is 0.676. The molecule has 0 unspecified atom stereocenters. The lowest BCUT2D eigenvalue weighted by molar-refractivity contribution is -0.115. The number of amides is 2. The van der Waals surface area contributed by atoms with Gasteiger partial charge in [-0.15, -0.1) is 0 Å². The van der Waals surface area contributed by atoms with Crippen LogP contribution in [0.15, 0.2) is 28.8 Å². The molecule has 0 spiro atoms. The van der Waals surface area contributed by atoms with E-state index in [9.17, 15) is 9.59 Å². The van der Waals surface area contributed by atoms with Gasteiger partial charge in [0, 0.05) is 23.5 Å². The summed E-state index contributed by atoms with van der Waals surface area (Å²) in [6.07, 6.45) is 0.384. The van der Waals surface area contributed by atoms with Crippen molar-refractivity contribution in [2.75, 3.05) is 10.6 Å². The molecule has 146 valence electrons. The maximum absolute atomic E-state index is 13.1. The highest BCUT2D eigenvalue weighted by Gasteiger charge is 2.20. The first-order chi connectivity index (χ1) is 13.3. The van der Waals surface area contributed by atoms with Gasteiger partial charge in [-0.1, -0.05) is 32.0 Å². The Morgan fingerprint density at radius 1 is 1.14 bits per heavy atom. The fraction of sp³-hybridized carbons (Fsp3) is 0.333. The Kier molecular flexibility index (Phi) is 5.44. The SMILES string of the molecule is CCC(=O)Nc1ccc(C)c(NC(=O)c2cc(C(C)C)nc3onc(C)c23)c1. The number of fused-ring (bicyclic) bond motifs is 1. The van der Waals surface area contributed by atoms with Crippen LogP contribution in [-0.4, -0.2) is 22.0 Å². The van der Waals surface area contributed by atoms with Crippen LogP contribution >= 0.6 is 0 Å². The number of anilines is 2. The van der Waals surface area contributed by atoms with Crippen LogP contribution in [0.2, 0.25) is 0 Å². The summed E-state index contributed by atoms with van der Waals surface area (Å²) in [6, 6.07) is 7.20. The molecule has 0 fully saturated rings. The van der Waals surface area contributed by atoms with Crippen molar-refractivity contribution >= 4 is 34.3 Å². The monoisotopic (exact) mass is 380 g/mol. The Balaban J connectivity index is 1.98. The molecule has 0 bridgehead atoms. The number of carbonyl (C=O) groups is 2. The lowest BCUT2D eigenvalue weighted by atomic mass is 10.0. The van der Waals surface area contributed by atoms with Crippen LogP contribution in [0, 0.1) is 13.8 Å². The second kappa shape index (κ2) is 7.80. The molecule has 2 N–H and O–H groups in total. The number of nitrogens with one attached hydrogen (secondary N) is 2. The van der Waals surface area contributed by atoms with Gasteiger partial charge in [-0.3, -0.25) is 9.59 Å². The summed E-state index contributed by atoms with van der Waals surface area (Å²) >= 11 is 0. The molecule has 1 aromatic carbocycles. The molecule has 0 aliphatic rings. The van der Waals surface area contributed by atoms with Crippen molar-refractivity contribution in [1.29, 1.82) is 0 Å². The largest absolute Gasteiger partial charge is 0.336 e. The second-order valence-electron chi connectivity index (χ2n) is 7.08. The third kappa shape index (κ3) is 3.88. The Labute approximate surface area is 163 Å². The van der Waals surface area contributed by atoms with Crippen molar-refractivity contribution in [1.82, 2.24) is 10.1 Å². The number of hydrogen-bond acceptors (Lipinski definition) is 5. The molecule has 3 rings (SSSR count). The summed E-state index contributed by atoms with van der Waals surface area (Å²) in [6.45, 7) is 9.47. The predicted octanol–water partition coefficient (Wildman–Crippen LogP) is 4.56. The highest BCUT2D eigenvalue weighted by Crippen LogP contribution is 2.27. The van der Waals surface area contributed by atoms with Crippen LogP contribution in [0.25, 0.3) is 11.1 Å². The topological polar surface area (TPSA) is 97.1 Å². The molecule has 2 heterocycles. The van der Waals surface area contributed by atoms with E-state index < -0.39 is 0 Å². The molecule has 0 aliphatic carbocycles. The Bertz CT molecular complexity index is 1050. The second-order valence-corrected chi connectivity index (χ2v) is 7.08. The first-order valence-electron chi connectivity index (χ1n) is 9.29. The van der Waals surface area contributed by atoms with Crippen LogP contribution in [0.4, 0.5) is 11.4 Å². The van der Waals surface area contributed by atoms with E-state index >= 15 is 0 Å². The minimum atomic E-state index is -0.275. The zero-order chi connectivity index (χ0) is 20.4. The first-order valence-corrected chi connectivity index (χ1v) is 9.29. The average Bonchev–Trinajstić information content (AvgIpc) is 3.04. The molecule has 0 saturated heterocycles. The average molecular weight is 380 g/mol. The molecular weight excluding hydrogens is 356 g/mol. The van der Waals surface area contributed by atoms with Gasteiger partial charge in [0.15, 0.2) is 0 Å². The van der Waals surface area contributed by atoms with Crippen LogP contribution in [-0.2, 0) is 4.79 Å². The Morgan fingerprint density at radius 3 is 2.57 bits per heavy atom. The van der Waals surface area contributed by atoms with E-state index in [2.05, 4.69) is 20.8 Å². The number of nitrogens with zero attached hydrogens (tertiary/aromatic N) is 2. The highest BCUT2D eigenvalue weighted by atomic mass is 16.5. The van der Waals surface area contributed by atoms with Crippen molar-refractivity contribution < 1.29 is 14.1 Å². The number of hydrogen-bond donors (Lipinski definition) is 2. The smallest absolute Gasteiger partial charge is 0.259 e. The van der Waals surface area contributed by atoms with Crippen molar-refractivity contribution in [3.05, 3.63) is 46.8 Å². The molecule has 0 saturated carbocycles. The lowest BCUT2D eigenvalue weighted by Crippen LogP contribution is -2.15. The number of pyridine rings is 1. The van der Waals surface area contributed by atoms with Crippen LogP contribution in [0.3, 0.4) is 0 Å². The van der Waals surface area contributed by atoms with Crippen molar-refractivity contribution in [3.63, 3.8) is 0 Å². The van der Waals surface area contributed by atoms with E-state index in [-0.39, 0.29) is 17.7 Å². The van der Waals surface area contributed by atoms with Crippen molar-refractivity contribution in [2.45, 2.75) is 47.0 Å². The molecule has 0 aliphatic heterocycles. The molecule has 7 heteroatoms. The van der Waals surface area contributed by atoms with E-state index in [1.165, 1.54) is 0 Å². The van der Waals surface area contributed by atoms with Gasteiger partial charge in [-0.05, 0) is 43.5 Å². The number of benzene rings is 1. The van der Waals surface area contributed by atoms with Gasteiger partial charge < -0.3 is 15.2 Å². The summed E-state index contributed by atoms with van der Waals surface area (Å²) < 4.78 is 5.29. The van der Waals surface area contributed by atoms with Crippen LogP contribution < -0.4 is 10.6 Å². The Morgan fingerprint density at radius 2 is 1.89 bits per heavy atom. The summed E-state index contributed by atoms with van der Waals surface area (Å²) in [5.74, 6) is -0.225. The van der Waals surface area contributed by atoms with Gasteiger partial charge >= 0.3 is 0 Å². The van der Waals surface area contributed by atoms with E-state index in [1.807, 2.05) is 32.9 Å². The van der Waals surface area contributed by atoms with Gasteiger partial charge in [0.2, 0.25) is 5.91 Å². The minimum absolute atomic E-state index is 0.0846. The normalized spacial score (nSPS) is 11.1. The maximum atomic E-state index is 13.1. The third-order valence-corrected chi connectivity index (χ3v) is 4.56. The summed E-state index contributed by atoms with van der Waals surface area (Å²) in [5, 5.41) is 10.3. The Hall–Kier alpha value is -3.22. The highest BCUT2D eigenvalue weighted by molar-refractivity contribution is 6.12. The molecule has 0 radical (unpaired) electrons. The number of carbonyl (C=O) groups excluding carboxylic acids is 2. The van der Waals surface area contributed by atoms with Gasteiger partial charge in [-0.25, -0.2) is 4.98 Å². The molecule has 0 atom stereocenters. The molecule has 7 nitrogen and oxygen atoms in total. The lowest BCUT2D eigenvalue weighted by Gasteiger charge is -2.13. The molecular formula is C21H24N4O3. The molecule has 28 heavy (non-hydrogen) atoms. The summed E-state index contributed by atoms with van der Waals surface area (Å²) in [5.41, 5.74) is 4.35. The first kappa shape index (κ1) is 19.5. The van der Waals surface area contributed by atoms with Gasteiger partial charge in [0.05, 0.1) is 16.6 Å². The third-order valence-electron chi connectivity index (χ3n) is 4.56. The number of aromatic nitrogens is 2. The van der Waals surface area contributed by atoms with E-state index in [0.717, 1.165) is 11.3 Å². The van der Waals surface area contributed by atoms with Crippen LogP contribution in [0.1, 0.15) is 60.4 Å². The zero-order valence-electron chi connectivity index (χ0n) is 16.7. The molecule has 2 aromatic heterocycles. The summed E-state index contributed by atoms with van der Waals surface area (Å²) in [4.78, 5) is 29.2. The van der Waals surface area contributed by atoms with Gasteiger partial charge in [0.1, 0.15) is 0 Å². The van der Waals surface area contributed by atoms with E-state index in [4.69, 9.17) is 4.52 Å². The molecule has 2 amide bonds. The standard InChI is InChI=1S/C21H24N4O3/c1-6-18(26)22-14-8-7-12(4)17(9-14)23-20(27)15-10-16(11(2)3)24-21-19(15)13(5)25-28-21/h7-11H,6H2,1-5H3,(H,22,26)(H,23,27). The van der Waals surface area contributed by atoms with Crippen molar-refractivity contribution in [2.24, 2.45) is 0 Å². The zero-order valence-corrected chi connectivity index (χ0v) is 16.7. The van der Waals surface area contributed by atoms with E-state index in [1.54, 1.807) is 26.0 Å². The van der Waals surface area contributed by atoms with Crippen molar-refractivity contribution in [3.8, 4) is 0 Å². The fourth-order valence-electron chi connectivity index (χ4n) is 2.86. The van der Waals surface area contributed by atoms with E-state index in [0.29, 0.717) is 40.2 Å². The maximum Gasteiger partial charge on any atom is 0.259 e.